The molecular weight excluding hydrogens is 781 g/mol. The van der Waals surface area contributed by atoms with Crippen LogP contribution in [0.25, 0.3) is 137 Å². The molecule has 0 amide bonds. The van der Waals surface area contributed by atoms with Crippen LogP contribution in [0.1, 0.15) is 0 Å². The summed E-state index contributed by atoms with van der Waals surface area (Å²) in [5.74, 6) is 1.79. The minimum absolute atomic E-state index is 0.573. The lowest BCUT2D eigenvalue weighted by Gasteiger charge is -2.17. The molecule has 14 aromatic rings. The van der Waals surface area contributed by atoms with E-state index in [4.69, 9.17) is 19.4 Å². The first-order chi connectivity index (χ1) is 31.7. The van der Waals surface area contributed by atoms with Crippen molar-refractivity contribution in [1.29, 1.82) is 0 Å². The number of benzene rings is 11. The van der Waals surface area contributed by atoms with Crippen LogP contribution in [0.4, 0.5) is 0 Å². The molecule has 0 unspecified atom stereocenters. The summed E-state index contributed by atoms with van der Waals surface area (Å²) < 4.78 is 9.05. The van der Waals surface area contributed by atoms with Crippen molar-refractivity contribution in [2.24, 2.45) is 0 Å². The Morgan fingerprint density at radius 2 is 0.750 bits per heavy atom. The van der Waals surface area contributed by atoms with Crippen LogP contribution in [0.15, 0.2) is 211 Å². The number of hydrogen-bond acceptors (Lipinski definition) is 4. The van der Waals surface area contributed by atoms with Crippen molar-refractivity contribution >= 4 is 97.6 Å². The van der Waals surface area contributed by atoms with E-state index in [0.29, 0.717) is 17.5 Å². The summed E-state index contributed by atoms with van der Waals surface area (Å²) in [5.41, 5.74) is 7.48. The first-order valence-corrected chi connectivity index (χ1v) is 21.7. The predicted octanol–water partition coefficient (Wildman–Crippen LogP) is 15.6. The van der Waals surface area contributed by atoms with Crippen molar-refractivity contribution < 1.29 is 4.42 Å². The molecule has 14 rings (SSSR count). The molecule has 3 heterocycles. The zero-order valence-electron chi connectivity index (χ0n) is 34.3. The second-order valence-corrected chi connectivity index (χ2v) is 16.7. The van der Waals surface area contributed by atoms with Gasteiger partial charge in [0.05, 0.1) is 16.7 Å². The number of rotatable bonds is 4. The highest BCUT2D eigenvalue weighted by Gasteiger charge is 2.24. The molecule has 5 heteroatoms. The van der Waals surface area contributed by atoms with E-state index >= 15 is 0 Å². The maximum absolute atomic E-state index is 6.67. The Morgan fingerprint density at radius 1 is 0.281 bits per heavy atom. The van der Waals surface area contributed by atoms with Crippen molar-refractivity contribution in [2.45, 2.75) is 0 Å². The van der Waals surface area contributed by atoms with Gasteiger partial charge in [-0.3, -0.25) is 0 Å². The maximum Gasteiger partial charge on any atom is 0.166 e. The van der Waals surface area contributed by atoms with Crippen LogP contribution in [-0.2, 0) is 0 Å². The van der Waals surface area contributed by atoms with Crippen LogP contribution in [0.5, 0.6) is 0 Å². The van der Waals surface area contributed by atoms with Gasteiger partial charge in [-0.05, 0) is 96.3 Å². The molecule has 0 aliphatic rings. The lowest BCUT2D eigenvalue weighted by Crippen LogP contribution is -2.04. The largest absolute Gasteiger partial charge is 0.456 e. The molecule has 0 saturated heterocycles. The molecule has 0 bridgehead atoms. The summed E-state index contributed by atoms with van der Waals surface area (Å²) in [7, 11) is 0. The Balaban J connectivity index is 1.15. The monoisotopic (exact) mass is 814 g/mol. The van der Waals surface area contributed by atoms with Gasteiger partial charge in [0.25, 0.3) is 0 Å². The van der Waals surface area contributed by atoms with Gasteiger partial charge in [0.1, 0.15) is 11.2 Å². The fraction of sp³-hybridized carbons (Fsp3) is 0. The van der Waals surface area contributed by atoms with Crippen molar-refractivity contribution in [3.05, 3.63) is 206 Å². The molecule has 296 valence electrons. The zero-order chi connectivity index (χ0) is 41.9. The van der Waals surface area contributed by atoms with Gasteiger partial charge < -0.3 is 8.98 Å². The van der Waals surface area contributed by atoms with Crippen LogP contribution >= 0.6 is 0 Å². The lowest BCUT2D eigenvalue weighted by atomic mass is 9.96. The molecule has 0 saturated carbocycles. The minimum Gasteiger partial charge on any atom is -0.456 e. The first kappa shape index (κ1) is 35.0. The van der Waals surface area contributed by atoms with Crippen LogP contribution in [0, 0.1) is 0 Å². The Bertz CT molecular complexity index is 4140. The number of para-hydroxylation sites is 2. The lowest BCUT2D eigenvalue weighted by molar-refractivity contribution is 0.668. The third-order valence-electron chi connectivity index (χ3n) is 13.2. The van der Waals surface area contributed by atoms with E-state index in [-0.39, 0.29) is 0 Å². The van der Waals surface area contributed by atoms with Crippen molar-refractivity contribution in [3.63, 3.8) is 0 Å². The average Bonchev–Trinajstić information content (AvgIpc) is 3.89. The fourth-order valence-electron chi connectivity index (χ4n) is 10.3. The number of hydrogen-bond donors (Lipinski definition) is 0. The van der Waals surface area contributed by atoms with Gasteiger partial charge in [-0.15, -0.1) is 0 Å². The highest BCUT2D eigenvalue weighted by Crippen LogP contribution is 2.43. The molecule has 0 spiro atoms. The Kier molecular flexibility index (Phi) is 7.33. The molecule has 3 aromatic heterocycles. The standard InChI is InChI=1S/C59H34N4O/c1-2-16-36-32-53-47(29-35(36)15-1)45-25-11-13-27-52(45)63(53)54-34-56-48(46-26-12-14-28-55(46)64-56)33-51(54)59-61-57(49-30-37-17-3-5-19-39(37)41-21-7-9-23-43(41)49)60-58(62-59)50-31-38-18-4-6-20-40(38)42-22-8-10-24-44(42)50/h1-34H. The highest BCUT2D eigenvalue weighted by molar-refractivity contribution is 6.17. The van der Waals surface area contributed by atoms with Gasteiger partial charge in [0.15, 0.2) is 17.5 Å². The van der Waals surface area contributed by atoms with E-state index in [9.17, 15) is 0 Å². The smallest absolute Gasteiger partial charge is 0.166 e. The number of nitrogens with zero attached hydrogens (tertiary/aromatic N) is 4. The Labute approximate surface area is 366 Å². The van der Waals surface area contributed by atoms with E-state index in [2.05, 4.69) is 199 Å². The van der Waals surface area contributed by atoms with Crippen LogP contribution in [0.3, 0.4) is 0 Å². The predicted molar refractivity (Wildman–Crippen MR) is 265 cm³/mol. The molecule has 0 aliphatic carbocycles. The van der Waals surface area contributed by atoms with Crippen molar-refractivity contribution in [3.8, 4) is 39.9 Å². The summed E-state index contributed by atoms with van der Waals surface area (Å²) in [6.45, 7) is 0. The molecule has 64 heavy (non-hydrogen) atoms. The third kappa shape index (κ3) is 5.15. The second-order valence-electron chi connectivity index (χ2n) is 16.7. The van der Waals surface area contributed by atoms with Gasteiger partial charge in [0, 0.05) is 44.3 Å². The normalized spacial score (nSPS) is 12.1. The maximum atomic E-state index is 6.67. The molecule has 0 radical (unpaired) electrons. The molecule has 0 atom stereocenters. The van der Waals surface area contributed by atoms with Crippen molar-refractivity contribution in [2.75, 3.05) is 0 Å². The molecule has 5 nitrogen and oxygen atoms in total. The van der Waals surface area contributed by atoms with E-state index in [1.54, 1.807) is 0 Å². The van der Waals surface area contributed by atoms with Crippen LogP contribution < -0.4 is 0 Å². The molecule has 11 aromatic carbocycles. The van der Waals surface area contributed by atoms with Crippen LogP contribution in [-0.4, -0.2) is 19.5 Å². The molecular formula is C59H34N4O. The minimum atomic E-state index is 0.573. The van der Waals surface area contributed by atoms with Crippen LogP contribution in [0.2, 0.25) is 0 Å². The van der Waals surface area contributed by atoms with Gasteiger partial charge >= 0.3 is 0 Å². The fourth-order valence-corrected chi connectivity index (χ4v) is 10.3. The van der Waals surface area contributed by atoms with E-state index < -0.39 is 0 Å². The SMILES string of the molecule is c1ccc2cc3c(cc2c1)c1ccccc1n3-c1cc2oc3ccccc3c2cc1-c1nc(-c2cc3ccccc3c3ccccc23)nc(-c2cc3ccccc3c3ccccc23)n1. The summed E-state index contributed by atoms with van der Waals surface area (Å²) >= 11 is 0. The Hall–Kier alpha value is -8.67. The average molecular weight is 815 g/mol. The van der Waals surface area contributed by atoms with Gasteiger partial charge in [-0.1, -0.05) is 158 Å². The summed E-state index contributed by atoms with van der Waals surface area (Å²) in [6.07, 6.45) is 0. The van der Waals surface area contributed by atoms with E-state index in [1.807, 2.05) is 12.1 Å². The highest BCUT2D eigenvalue weighted by atomic mass is 16.3. The zero-order valence-corrected chi connectivity index (χ0v) is 34.3. The summed E-state index contributed by atoms with van der Waals surface area (Å²) in [4.78, 5) is 16.7. The van der Waals surface area contributed by atoms with Gasteiger partial charge in [0.2, 0.25) is 0 Å². The summed E-state index contributed by atoms with van der Waals surface area (Å²) in [6, 6.07) is 73.3. The number of furan rings is 1. The van der Waals surface area contributed by atoms with Gasteiger partial charge in [-0.2, -0.15) is 0 Å². The molecule has 0 aliphatic heterocycles. The number of fused-ring (bicyclic) bond motifs is 13. The third-order valence-corrected chi connectivity index (χ3v) is 13.2. The summed E-state index contributed by atoms with van der Waals surface area (Å²) in [5, 5.41) is 15.8. The number of aromatic nitrogens is 4. The van der Waals surface area contributed by atoms with Gasteiger partial charge in [-0.25, -0.2) is 15.0 Å². The Morgan fingerprint density at radius 3 is 1.38 bits per heavy atom. The topological polar surface area (TPSA) is 56.7 Å². The quantitative estimate of drug-likeness (QED) is 0.166. The second kappa shape index (κ2) is 13.4. The van der Waals surface area contributed by atoms with Crippen molar-refractivity contribution in [1.82, 2.24) is 19.5 Å². The molecule has 0 fully saturated rings. The molecule has 0 N–H and O–H groups in total. The van der Waals surface area contributed by atoms with E-state index in [1.165, 1.54) is 32.3 Å². The first-order valence-electron chi connectivity index (χ1n) is 21.7. The van der Waals surface area contributed by atoms with E-state index in [0.717, 1.165) is 87.7 Å².